The summed E-state index contributed by atoms with van der Waals surface area (Å²) < 4.78 is 5.93. The lowest BCUT2D eigenvalue weighted by Crippen LogP contribution is -2.38. The molecule has 2 aliphatic rings. The van der Waals surface area contributed by atoms with E-state index >= 15 is 0 Å². The number of ether oxygens (including phenoxy) is 1. The van der Waals surface area contributed by atoms with Gasteiger partial charge in [0.15, 0.2) is 0 Å². The van der Waals surface area contributed by atoms with E-state index in [1.165, 1.54) is 31.3 Å². The van der Waals surface area contributed by atoms with E-state index in [1.54, 1.807) is 0 Å². The van der Waals surface area contributed by atoms with Crippen LogP contribution in [0.4, 0.5) is 0 Å². The minimum Gasteiger partial charge on any atom is -0.365 e. The van der Waals surface area contributed by atoms with Crippen molar-refractivity contribution in [2.24, 2.45) is 0 Å². The predicted octanol–water partition coefficient (Wildman–Crippen LogP) is 2.15. The molecule has 1 aliphatic carbocycles. The lowest BCUT2D eigenvalue weighted by molar-refractivity contribution is -0.135. The maximum Gasteiger partial charge on any atom is 0.249 e. The number of hydrogen-bond acceptors (Lipinski definition) is 3. The molecule has 0 radical (unpaired) electrons. The van der Waals surface area contributed by atoms with Gasteiger partial charge in [-0.05, 0) is 32.7 Å². The summed E-state index contributed by atoms with van der Waals surface area (Å²) in [6, 6.07) is 0. The summed E-state index contributed by atoms with van der Waals surface area (Å²) in [4.78, 5) is 12.1. The maximum atomic E-state index is 12.1. The zero-order valence-corrected chi connectivity index (χ0v) is 12.6. The van der Waals surface area contributed by atoms with Crippen LogP contribution in [0.5, 0.6) is 0 Å². The van der Waals surface area contributed by atoms with Crippen LogP contribution in [0.15, 0.2) is 11.6 Å². The Morgan fingerprint density at radius 1 is 1.40 bits per heavy atom. The summed E-state index contributed by atoms with van der Waals surface area (Å²) in [5, 5.41) is 6.27. The van der Waals surface area contributed by atoms with Gasteiger partial charge in [-0.25, -0.2) is 0 Å². The molecule has 0 aromatic rings. The average molecular weight is 280 g/mol. The van der Waals surface area contributed by atoms with Crippen molar-refractivity contribution < 1.29 is 9.53 Å². The fourth-order valence-corrected chi connectivity index (χ4v) is 2.90. The van der Waals surface area contributed by atoms with Crippen LogP contribution in [-0.2, 0) is 9.53 Å². The molecule has 4 heteroatoms. The molecule has 0 saturated heterocycles. The number of carbonyl (C=O) groups excluding carboxylic acids is 1. The van der Waals surface area contributed by atoms with Gasteiger partial charge in [-0.1, -0.05) is 37.3 Å². The van der Waals surface area contributed by atoms with Crippen molar-refractivity contribution in [1.82, 2.24) is 10.6 Å². The van der Waals surface area contributed by atoms with Gasteiger partial charge in [0.25, 0.3) is 0 Å². The third-order valence-corrected chi connectivity index (χ3v) is 4.22. The quantitative estimate of drug-likeness (QED) is 0.599. The molecule has 1 heterocycles. The second kappa shape index (κ2) is 8.42. The Kier molecular flexibility index (Phi) is 6.54. The minimum absolute atomic E-state index is 0.0219. The van der Waals surface area contributed by atoms with E-state index in [1.807, 2.05) is 6.92 Å². The molecule has 1 saturated carbocycles. The number of amides is 1. The largest absolute Gasteiger partial charge is 0.365 e. The molecule has 1 amide bonds. The van der Waals surface area contributed by atoms with Crippen molar-refractivity contribution in [3.05, 3.63) is 11.6 Å². The van der Waals surface area contributed by atoms with Crippen LogP contribution >= 0.6 is 0 Å². The number of nitrogens with one attached hydrogen (secondary N) is 2. The number of rotatable bonds is 5. The summed E-state index contributed by atoms with van der Waals surface area (Å²) in [6.45, 7) is 4.46. The standard InChI is InChI=1S/C16H28N2O2/c1-13(20-15-6-4-2-3-5-7-15)16(19)18-12-14-8-10-17-11-9-14/h8,13,15,17H,2-7,9-12H2,1H3,(H,18,19). The van der Waals surface area contributed by atoms with Gasteiger partial charge < -0.3 is 15.4 Å². The molecule has 20 heavy (non-hydrogen) atoms. The monoisotopic (exact) mass is 280 g/mol. The van der Waals surface area contributed by atoms with Gasteiger partial charge in [0.1, 0.15) is 6.10 Å². The highest BCUT2D eigenvalue weighted by Gasteiger charge is 2.20. The SMILES string of the molecule is CC(OC1CCCCCC1)C(=O)NCC1=CCNCC1. The van der Waals surface area contributed by atoms with Crippen molar-refractivity contribution in [3.8, 4) is 0 Å². The molecule has 0 bridgehead atoms. The lowest BCUT2D eigenvalue weighted by Gasteiger charge is -2.21. The molecule has 0 aromatic carbocycles. The highest BCUT2D eigenvalue weighted by molar-refractivity contribution is 5.80. The molecule has 4 nitrogen and oxygen atoms in total. The highest BCUT2D eigenvalue weighted by atomic mass is 16.5. The Balaban J connectivity index is 1.69. The molecule has 1 unspecified atom stereocenters. The summed E-state index contributed by atoms with van der Waals surface area (Å²) in [7, 11) is 0. The second-order valence-electron chi connectivity index (χ2n) is 5.93. The first-order valence-corrected chi connectivity index (χ1v) is 8.07. The van der Waals surface area contributed by atoms with Gasteiger partial charge in [-0.15, -0.1) is 0 Å². The third-order valence-electron chi connectivity index (χ3n) is 4.22. The molecule has 1 fully saturated rings. The fourth-order valence-electron chi connectivity index (χ4n) is 2.90. The van der Waals surface area contributed by atoms with E-state index in [0.29, 0.717) is 6.54 Å². The first-order chi connectivity index (χ1) is 9.75. The Labute approximate surface area is 122 Å². The third kappa shape index (κ3) is 5.25. The predicted molar refractivity (Wildman–Crippen MR) is 80.6 cm³/mol. The Hall–Kier alpha value is -0.870. The summed E-state index contributed by atoms with van der Waals surface area (Å²) >= 11 is 0. The first-order valence-electron chi connectivity index (χ1n) is 8.07. The van der Waals surface area contributed by atoms with Crippen molar-refractivity contribution in [1.29, 1.82) is 0 Å². The fraction of sp³-hybridized carbons (Fsp3) is 0.812. The molecular formula is C16H28N2O2. The van der Waals surface area contributed by atoms with E-state index in [4.69, 9.17) is 4.74 Å². The van der Waals surface area contributed by atoms with Crippen molar-refractivity contribution in [3.63, 3.8) is 0 Å². The van der Waals surface area contributed by atoms with Crippen LogP contribution in [0, 0.1) is 0 Å². The normalized spacial score (nSPS) is 22.8. The van der Waals surface area contributed by atoms with Gasteiger partial charge in [-0.3, -0.25) is 4.79 Å². The molecule has 0 spiro atoms. The lowest BCUT2D eigenvalue weighted by atomic mass is 10.1. The van der Waals surface area contributed by atoms with Gasteiger partial charge in [0.05, 0.1) is 6.10 Å². The highest BCUT2D eigenvalue weighted by Crippen LogP contribution is 2.20. The second-order valence-corrected chi connectivity index (χ2v) is 5.93. The minimum atomic E-state index is -0.333. The van der Waals surface area contributed by atoms with Crippen molar-refractivity contribution >= 4 is 5.91 Å². The van der Waals surface area contributed by atoms with E-state index in [9.17, 15) is 4.79 Å². The smallest absolute Gasteiger partial charge is 0.249 e. The van der Waals surface area contributed by atoms with Crippen LogP contribution in [0.25, 0.3) is 0 Å². The number of carbonyl (C=O) groups is 1. The van der Waals surface area contributed by atoms with Crippen molar-refractivity contribution in [2.75, 3.05) is 19.6 Å². The summed E-state index contributed by atoms with van der Waals surface area (Å²) in [6.07, 6.45) is 10.4. The Morgan fingerprint density at radius 2 is 2.15 bits per heavy atom. The zero-order valence-electron chi connectivity index (χ0n) is 12.6. The van der Waals surface area contributed by atoms with E-state index < -0.39 is 0 Å². The van der Waals surface area contributed by atoms with Gasteiger partial charge in [0, 0.05) is 13.1 Å². The Morgan fingerprint density at radius 3 is 2.80 bits per heavy atom. The Bertz CT molecular complexity index is 333. The van der Waals surface area contributed by atoms with Crippen LogP contribution in [0.3, 0.4) is 0 Å². The average Bonchev–Trinajstić information content (AvgIpc) is 2.74. The van der Waals surface area contributed by atoms with Crippen LogP contribution in [0.1, 0.15) is 51.9 Å². The molecule has 2 N–H and O–H groups in total. The van der Waals surface area contributed by atoms with Gasteiger partial charge in [0.2, 0.25) is 5.91 Å². The molecule has 114 valence electrons. The van der Waals surface area contributed by atoms with Gasteiger partial charge in [-0.2, -0.15) is 0 Å². The zero-order chi connectivity index (χ0) is 14.2. The topological polar surface area (TPSA) is 50.4 Å². The molecule has 1 aliphatic heterocycles. The summed E-state index contributed by atoms with van der Waals surface area (Å²) in [5.74, 6) is 0.0219. The first kappa shape index (κ1) is 15.5. The molecular weight excluding hydrogens is 252 g/mol. The summed E-state index contributed by atoms with van der Waals surface area (Å²) in [5.41, 5.74) is 1.32. The molecule has 2 rings (SSSR count). The van der Waals surface area contributed by atoms with Crippen molar-refractivity contribution in [2.45, 2.75) is 64.1 Å². The van der Waals surface area contributed by atoms with E-state index in [-0.39, 0.29) is 18.1 Å². The van der Waals surface area contributed by atoms with Gasteiger partial charge >= 0.3 is 0 Å². The van der Waals surface area contributed by atoms with E-state index in [2.05, 4.69) is 16.7 Å². The maximum absolute atomic E-state index is 12.1. The van der Waals surface area contributed by atoms with Crippen LogP contribution in [0.2, 0.25) is 0 Å². The van der Waals surface area contributed by atoms with Crippen LogP contribution < -0.4 is 10.6 Å². The molecule has 1 atom stereocenters. The molecule has 0 aromatic heterocycles. The van der Waals surface area contributed by atoms with Crippen LogP contribution in [-0.4, -0.2) is 37.7 Å². The number of hydrogen-bond donors (Lipinski definition) is 2. The van der Waals surface area contributed by atoms with E-state index in [0.717, 1.165) is 32.4 Å².